The van der Waals surface area contributed by atoms with Crippen LogP contribution in [0.5, 0.6) is 0 Å². The largest absolute Gasteiger partial charge is 0.462 e. The summed E-state index contributed by atoms with van der Waals surface area (Å²) >= 11 is 0. The third-order valence-electron chi connectivity index (χ3n) is 3.73. The first-order valence-electron chi connectivity index (χ1n) is 7.19. The Morgan fingerprint density at radius 2 is 1.94 bits per heavy atom. The van der Waals surface area contributed by atoms with Crippen molar-refractivity contribution >= 4 is 5.97 Å². The lowest BCUT2D eigenvalue weighted by molar-refractivity contribution is -0.162. The van der Waals surface area contributed by atoms with Gasteiger partial charge in [-0.3, -0.25) is 4.79 Å². The monoisotopic (exact) mass is 240 g/mol. The van der Waals surface area contributed by atoms with E-state index in [9.17, 15) is 4.79 Å². The number of hydrogen-bond acceptors (Lipinski definition) is 2. The van der Waals surface area contributed by atoms with Gasteiger partial charge in [0.2, 0.25) is 0 Å². The lowest BCUT2D eigenvalue weighted by atomic mass is 9.78. The van der Waals surface area contributed by atoms with Gasteiger partial charge >= 0.3 is 5.97 Å². The molecule has 2 heteroatoms. The standard InChI is InChI=1S/C15H28O2/c1-5-10-15(4,11-12(2)3)14(16)17-13-8-6-7-9-13/h12-13H,5-11H2,1-4H3. The van der Waals surface area contributed by atoms with Crippen molar-refractivity contribution in [2.24, 2.45) is 11.3 Å². The van der Waals surface area contributed by atoms with Crippen molar-refractivity contribution in [3.8, 4) is 0 Å². The molecule has 0 spiro atoms. The molecular formula is C15H28O2. The molecule has 0 N–H and O–H groups in total. The van der Waals surface area contributed by atoms with Gasteiger partial charge in [0.1, 0.15) is 6.10 Å². The van der Waals surface area contributed by atoms with Crippen LogP contribution in [-0.2, 0) is 9.53 Å². The summed E-state index contributed by atoms with van der Waals surface area (Å²) in [7, 11) is 0. The first kappa shape index (κ1) is 14.5. The lowest BCUT2D eigenvalue weighted by Gasteiger charge is -2.30. The zero-order valence-electron chi connectivity index (χ0n) is 11.9. The van der Waals surface area contributed by atoms with Crippen LogP contribution >= 0.6 is 0 Å². The number of esters is 1. The molecule has 17 heavy (non-hydrogen) atoms. The number of rotatable bonds is 6. The molecule has 0 aromatic heterocycles. The Bertz CT molecular complexity index is 241. The molecular weight excluding hydrogens is 212 g/mol. The van der Waals surface area contributed by atoms with Gasteiger partial charge in [0.15, 0.2) is 0 Å². The minimum Gasteiger partial charge on any atom is -0.462 e. The van der Waals surface area contributed by atoms with Crippen LogP contribution in [0.2, 0.25) is 0 Å². The second kappa shape index (κ2) is 6.42. The quantitative estimate of drug-likeness (QED) is 0.646. The molecule has 0 heterocycles. The summed E-state index contributed by atoms with van der Waals surface area (Å²) in [5.74, 6) is 0.586. The Balaban J connectivity index is 2.57. The van der Waals surface area contributed by atoms with Crippen LogP contribution in [0.1, 0.15) is 72.6 Å². The summed E-state index contributed by atoms with van der Waals surface area (Å²) in [5, 5.41) is 0. The van der Waals surface area contributed by atoms with E-state index in [0.717, 1.165) is 32.1 Å². The normalized spacial score (nSPS) is 20.5. The third kappa shape index (κ3) is 4.33. The molecule has 1 atom stereocenters. The first-order chi connectivity index (χ1) is 7.98. The molecule has 0 aromatic rings. The number of carbonyl (C=O) groups excluding carboxylic acids is 1. The first-order valence-corrected chi connectivity index (χ1v) is 7.19. The van der Waals surface area contributed by atoms with Gasteiger partial charge in [-0.15, -0.1) is 0 Å². The van der Waals surface area contributed by atoms with Crippen LogP contribution in [0, 0.1) is 11.3 Å². The molecule has 2 nitrogen and oxygen atoms in total. The van der Waals surface area contributed by atoms with E-state index in [1.165, 1.54) is 12.8 Å². The van der Waals surface area contributed by atoms with Crippen LogP contribution < -0.4 is 0 Å². The maximum absolute atomic E-state index is 12.3. The molecule has 0 bridgehead atoms. The van der Waals surface area contributed by atoms with Gasteiger partial charge in [-0.25, -0.2) is 0 Å². The van der Waals surface area contributed by atoms with Crippen molar-refractivity contribution in [1.29, 1.82) is 0 Å². The number of carbonyl (C=O) groups is 1. The highest BCUT2D eigenvalue weighted by Crippen LogP contribution is 2.34. The smallest absolute Gasteiger partial charge is 0.312 e. The van der Waals surface area contributed by atoms with Gasteiger partial charge in [-0.2, -0.15) is 0 Å². The summed E-state index contributed by atoms with van der Waals surface area (Å²) in [6.45, 7) is 8.57. The maximum atomic E-state index is 12.3. The molecule has 0 saturated heterocycles. The van der Waals surface area contributed by atoms with Crippen LogP contribution in [-0.4, -0.2) is 12.1 Å². The Hall–Kier alpha value is -0.530. The minimum atomic E-state index is -0.272. The molecule has 0 radical (unpaired) electrons. The Morgan fingerprint density at radius 3 is 2.41 bits per heavy atom. The molecule has 100 valence electrons. The van der Waals surface area contributed by atoms with E-state index >= 15 is 0 Å². The maximum Gasteiger partial charge on any atom is 0.312 e. The third-order valence-corrected chi connectivity index (χ3v) is 3.73. The predicted octanol–water partition coefficient (Wildman–Crippen LogP) is 4.32. The number of ether oxygens (including phenoxy) is 1. The van der Waals surface area contributed by atoms with Gasteiger partial charge in [0.25, 0.3) is 0 Å². The molecule has 1 unspecified atom stereocenters. The highest BCUT2D eigenvalue weighted by molar-refractivity contribution is 5.76. The second-order valence-electron chi connectivity index (χ2n) is 6.22. The molecule has 1 rings (SSSR count). The molecule has 1 aliphatic rings. The summed E-state index contributed by atoms with van der Waals surface area (Å²) in [6.07, 6.45) is 7.68. The van der Waals surface area contributed by atoms with Crippen LogP contribution in [0.25, 0.3) is 0 Å². The summed E-state index contributed by atoms with van der Waals surface area (Å²) in [6, 6.07) is 0. The van der Waals surface area contributed by atoms with Crippen molar-refractivity contribution < 1.29 is 9.53 Å². The Kier molecular flexibility index (Phi) is 5.48. The average molecular weight is 240 g/mol. The fraction of sp³-hybridized carbons (Fsp3) is 0.933. The Labute approximate surface area is 106 Å². The molecule has 1 aliphatic carbocycles. The van der Waals surface area contributed by atoms with Gasteiger partial charge in [0, 0.05) is 0 Å². The van der Waals surface area contributed by atoms with E-state index in [1.807, 2.05) is 0 Å². The summed E-state index contributed by atoms with van der Waals surface area (Å²) in [5.41, 5.74) is -0.272. The van der Waals surface area contributed by atoms with Crippen LogP contribution in [0.15, 0.2) is 0 Å². The molecule has 0 aliphatic heterocycles. The van der Waals surface area contributed by atoms with Crippen molar-refractivity contribution in [2.45, 2.75) is 78.7 Å². The fourth-order valence-electron chi connectivity index (χ4n) is 3.04. The minimum absolute atomic E-state index is 0.0416. The highest BCUT2D eigenvalue weighted by Gasteiger charge is 2.36. The lowest BCUT2D eigenvalue weighted by Crippen LogP contribution is -2.33. The van der Waals surface area contributed by atoms with E-state index in [2.05, 4.69) is 27.7 Å². The topological polar surface area (TPSA) is 26.3 Å². The van der Waals surface area contributed by atoms with Crippen molar-refractivity contribution in [1.82, 2.24) is 0 Å². The molecule has 1 fully saturated rings. The second-order valence-corrected chi connectivity index (χ2v) is 6.22. The van der Waals surface area contributed by atoms with E-state index < -0.39 is 0 Å². The van der Waals surface area contributed by atoms with E-state index in [1.54, 1.807) is 0 Å². The fourth-order valence-corrected chi connectivity index (χ4v) is 3.04. The van der Waals surface area contributed by atoms with Gasteiger partial charge in [-0.05, 0) is 51.4 Å². The average Bonchev–Trinajstić information content (AvgIpc) is 2.69. The van der Waals surface area contributed by atoms with E-state index in [0.29, 0.717) is 5.92 Å². The van der Waals surface area contributed by atoms with Crippen LogP contribution in [0.4, 0.5) is 0 Å². The van der Waals surface area contributed by atoms with Crippen molar-refractivity contribution in [3.63, 3.8) is 0 Å². The van der Waals surface area contributed by atoms with Gasteiger partial charge in [0.05, 0.1) is 5.41 Å². The SMILES string of the molecule is CCCC(C)(CC(C)C)C(=O)OC1CCCC1. The highest BCUT2D eigenvalue weighted by atomic mass is 16.5. The molecule has 1 saturated carbocycles. The predicted molar refractivity (Wildman–Crippen MR) is 70.8 cm³/mol. The van der Waals surface area contributed by atoms with Gasteiger partial charge in [-0.1, -0.05) is 27.2 Å². The van der Waals surface area contributed by atoms with E-state index in [-0.39, 0.29) is 17.5 Å². The van der Waals surface area contributed by atoms with Crippen molar-refractivity contribution in [3.05, 3.63) is 0 Å². The molecule has 0 amide bonds. The summed E-state index contributed by atoms with van der Waals surface area (Å²) < 4.78 is 5.69. The van der Waals surface area contributed by atoms with Crippen LogP contribution in [0.3, 0.4) is 0 Å². The van der Waals surface area contributed by atoms with Gasteiger partial charge < -0.3 is 4.74 Å². The molecule has 0 aromatic carbocycles. The van der Waals surface area contributed by atoms with Crippen molar-refractivity contribution in [2.75, 3.05) is 0 Å². The zero-order valence-corrected chi connectivity index (χ0v) is 11.9. The Morgan fingerprint density at radius 1 is 1.35 bits per heavy atom. The summed E-state index contributed by atoms with van der Waals surface area (Å²) in [4.78, 5) is 12.3. The zero-order chi connectivity index (χ0) is 12.9. The number of hydrogen-bond donors (Lipinski definition) is 0. The van der Waals surface area contributed by atoms with E-state index in [4.69, 9.17) is 4.74 Å².